The molecule has 1 aromatic carbocycles. The van der Waals surface area contributed by atoms with Crippen LogP contribution >= 0.6 is 0 Å². The summed E-state index contributed by atoms with van der Waals surface area (Å²) in [5.41, 5.74) is 1.27. The minimum atomic E-state index is -3.01. The summed E-state index contributed by atoms with van der Waals surface area (Å²) in [6, 6.07) is 7.54. The quantitative estimate of drug-likeness (QED) is 0.776. The number of ether oxygens (including phenoxy) is 1. The lowest BCUT2D eigenvalue weighted by molar-refractivity contribution is -0.135. The summed E-state index contributed by atoms with van der Waals surface area (Å²) >= 11 is 0. The Labute approximate surface area is 151 Å². The van der Waals surface area contributed by atoms with Gasteiger partial charge in [-0.1, -0.05) is 39.8 Å². The zero-order valence-corrected chi connectivity index (χ0v) is 16.4. The van der Waals surface area contributed by atoms with Crippen molar-refractivity contribution in [2.24, 2.45) is 0 Å². The molecule has 0 N–H and O–H groups in total. The molecule has 0 aliphatic carbocycles. The maximum Gasteiger partial charge on any atom is 0.260 e. The first-order valence-electron chi connectivity index (χ1n) is 8.85. The molecule has 5 nitrogen and oxygen atoms in total. The van der Waals surface area contributed by atoms with Gasteiger partial charge >= 0.3 is 0 Å². The van der Waals surface area contributed by atoms with Crippen LogP contribution in [-0.2, 0) is 20.0 Å². The number of carbonyl (C=O) groups is 1. The zero-order valence-electron chi connectivity index (χ0n) is 15.6. The Kier molecular flexibility index (Phi) is 6.14. The van der Waals surface area contributed by atoms with Gasteiger partial charge in [0.2, 0.25) is 0 Å². The maximum absolute atomic E-state index is 12.5. The highest BCUT2D eigenvalue weighted by molar-refractivity contribution is 7.91. The minimum Gasteiger partial charge on any atom is -0.484 e. The molecule has 1 unspecified atom stereocenters. The third-order valence-electron chi connectivity index (χ3n) is 4.52. The van der Waals surface area contributed by atoms with Crippen LogP contribution in [-0.4, -0.2) is 49.9 Å². The molecule has 2 rings (SSSR count). The Morgan fingerprint density at radius 1 is 1.24 bits per heavy atom. The molecule has 1 fully saturated rings. The summed E-state index contributed by atoms with van der Waals surface area (Å²) in [7, 11) is -3.01. The summed E-state index contributed by atoms with van der Waals surface area (Å²) in [6.07, 6.45) is 1.32. The Balaban J connectivity index is 1.97. The average Bonchev–Trinajstić information content (AvgIpc) is 2.89. The highest BCUT2D eigenvalue weighted by atomic mass is 32.2. The van der Waals surface area contributed by atoms with E-state index < -0.39 is 9.84 Å². The second kappa shape index (κ2) is 7.77. The Morgan fingerprint density at radius 3 is 2.36 bits per heavy atom. The van der Waals surface area contributed by atoms with Gasteiger partial charge in [-0.3, -0.25) is 4.79 Å². The molecule has 1 amide bonds. The van der Waals surface area contributed by atoms with Crippen molar-refractivity contribution in [3.63, 3.8) is 0 Å². The van der Waals surface area contributed by atoms with Crippen molar-refractivity contribution in [2.75, 3.05) is 24.7 Å². The number of nitrogens with zero attached hydrogens (tertiary/aromatic N) is 1. The number of carbonyl (C=O) groups excluding carboxylic acids is 1. The van der Waals surface area contributed by atoms with Crippen LogP contribution < -0.4 is 4.74 Å². The average molecular weight is 368 g/mol. The van der Waals surface area contributed by atoms with Crippen molar-refractivity contribution in [3.8, 4) is 5.75 Å². The summed E-state index contributed by atoms with van der Waals surface area (Å²) in [4.78, 5) is 14.2. The monoisotopic (exact) mass is 367 g/mol. The Bertz CT molecular complexity index is 689. The second-order valence-corrected chi connectivity index (χ2v) is 9.94. The van der Waals surface area contributed by atoms with E-state index in [1.807, 2.05) is 31.2 Å². The van der Waals surface area contributed by atoms with E-state index in [4.69, 9.17) is 4.74 Å². The van der Waals surface area contributed by atoms with Crippen molar-refractivity contribution in [3.05, 3.63) is 29.8 Å². The van der Waals surface area contributed by atoms with E-state index in [9.17, 15) is 13.2 Å². The first-order chi connectivity index (χ1) is 11.6. The summed E-state index contributed by atoms with van der Waals surface area (Å²) in [5, 5.41) is 0. The van der Waals surface area contributed by atoms with Crippen molar-refractivity contribution in [2.45, 2.75) is 52.0 Å². The van der Waals surface area contributed by atoms with E-state index in [0.29, 0.717) is 18.7 Å². The van der Waals surface area contributed by atoms with E-state index in [1.54, 1.807) is 4.90 Å². The van der Waals surface area contributed by atoms with Crippen molar-refractivity contribution < 1.29 is 17.9 Å². The predicted molar refractivity (Wildman–Crippen MR) is 99.7 cm³/mol. The number of hydrogen-bond donors (Lipinski definition) is 0. The number of amides is 1. The van der Waals surface area contributed by atoms with Gasteiger partial charge in [0, 0.05) is 12.6 Å². The molecule has 1 aliphatic rings. The van der Waals surface area contributed by atoms with Crippen LogP contribution in [0.3, 0.4) is 0 Å². The standard InChI is InChI=1S/C19H29NO4S/c1-5-11-20(16-10-12-25(22,23)14-16)18(21)13-24-17-8-6-15(7-9-17)19(2,3)4/h6-9,16H,5,10-14H2,1-4H3. The molecule has 1 atom stereocenters. The largest absolute Gasteiger partial charge is 0.484 e. The SMILES string of the molecule is CCCN(C(=O)COc1ccc(C(C)(C)C)cc1)C1CCS(=O)(=O)C1. The van der Waals surface area contributed by atoms with Crippen LogP contribution in [0.4, 0.5) is 0 Å². The van der Waals surface area contributed by atoms with Gasteiger partial charge in [0.25, 0.3) is 5.91 Å². The lowest BCUT2D eigenvalue weighted by atomic mass is 9.87. The molecule has 6 heteroatoms. The molecule has 0 spiro atoms. The van der Waals surface area contributed by atoms with Crippen LogP contribution in [0.15, 0.2) is 24.3 Å². The third-order valence-corrected chi connectivity index (χ3v) is 6.27. The molecule has 140 valence electrons. The van der Waals surface area contributed by atoms with Crippen LogP contribution in [0.25, 0.3) is 0 Å². The Morgan fingerprint density at radius 2 is 1.88 bits per heavy atom. The smallest absolute Gasteiger partial charge is 0.260 e. The molecule has 0 bridgehead atoms. The fraction of sp³-hybridized carbons (Fsp3) is 0.632. The molecule has 1 aliphatic heterocycles. The third kappa shape index (κ3) is 5.46. The molecule has 1 aromatic rings. The normalized spacial score (nSPS) is 19.6. The van der Waals surface area contributed by atoms with Gasteiger partial charge in [-0.05, 0) is 36.0 Å². The number of hydrogen-bond acceptors (Lipinski definition) is 4. The molecular formula is C19H29NO4S. The fourth-order valence-electron chi connectivity index (χ4n) is 3.05. The number of benzene rings is 1. The predicted octanol–water partition coefficient (Wildman–Crippen LogP) is 2.79. The van der Waals surface area contributed by atoms with Crippen LogP contribution in [0.5, 0.6) is 5.75 Å². The van der Waals surface area contributed by atoms with Crippen LogP contribution in [0.2, 0.25) is 0 Å². The fourth-order valence-corrected chi connectivity index (χ4v) is 4.78. The summed E-state index contributed by atoms with van der Waals surface area (Å²) < 4.78 is 29.0. The van der Waals surface area contributed by atoms with Gasteiger partial charge in [0.1, 0.15) is 5.75 Å². The van der Waals surface area contributed by atoms with E-state index in [0.717, 1.165) is 6.42 Å². The summed E-state index contributed by atoms with van der Waals surface area (Å²) in [6.45, 7) is 8.91. The Hall–Kier alpha value is -1.56. The number of rotatable bonds is 6. The first kappa shape index (κ1) is 19.8. The molecule has 1 saturated heterocycles. The molecule has 0 radical (unpaired) electrons. The van der Waals surface area contributed by atoms with E-state index in [2.05, 4.69) is 20.8 Å². The van der Waals surface area contributed by atoms with Gasteiger partial charge in [-0.15, -0.1) is 0 Å². The first-order valence-corrected chi connectivity index (χ1v) is 10.7. The van der Waals surface area contributed by atoms with Gasteiger partial charge in [-0.2, -0.15) is 0 Å². The molecule has 1 heterocycles. The molecular weight excluding hydrogens is 338 g/mol. The molecule has 0 saturated carbocycles. The van der Waals surface area contributed by atoms with Crippen molar-refractivity contribution in [1.29, 1.82) is 0 Å². The van der Waals surface area contributed by atoms with Gasteiger partial charge < -0.3 is 9.64 Å². The maximum atomic E-state index is 12.5. The molecule has 25 heavy (non-hydrogen) atoms. The lowest BCUT2D eigenvalue weighted by Crippen LogP contribution is -2.44. The van der Waals surface area contributed by atoms with E-state index in [-0.39, 0.29) is 35.5 Å². The van der Waals surface area contributed by atoms with E-state index >= 15 is 0 Å². The lowest BCUT2D eigenvalue weighted by Gasteiger charge is -2.28. The van der Waals surface area contributed by atoms with Crippen molar-refractivity contribution in [1.82, 2.24) is 4.90 Å². The van der Waals surface area contributed by atoms with Crippen LogP contribution in [0, 0.1) is 0 Å². The van der Waals surface area contributed by atoms with Gasteiger partial charge in [0.15, 0.2) is 16.4 Å². The van der Waals surface area contributed by atoms with Crippen LogP contribution in [0.1, 0.15) is 46.1 Å². The van der Waals surface area contributed by atoms with E-state index in [1.165, 1.54) is 5.56 Å². The minimum absolute atomic E-state index is 0.0641. The second-order valence-electron chi connectivity index (χ2n) is 7.71. The zero-order chi connectivity index (χ0) is 18.7. The molecule has 0 aromatic heterocycles. The highest BCUT2D eigenvalue weighted by Crippen LogP contribution is 2.24. The number of sulfone groups is 1. The van der Waals surface area contributed by atoms with Crippen molar-refractivity contribution >= 4 is 15.7 Å². The van der Waals surface area contributed by atoms with Gasteiger partial charge in [-0.25, -0.2) is 8.42 Å². The highest BCUT2D eigenvalue weighted by Gasteiger charge is 2.34. The summed E-state index contributed by atoms with van der Waals surface area (Å²) in [5.74, 6) is 0.736. The topological polar surface area (TPSA) is 63.7 Å². The van der Waals surface area contributed by atoms with Gasteiger partial charge in [0.05, 0.1) is 11.5 Å².